The highest BCUT2D eigenvalue weighted by Gasteiger charge is 2.43. The summed E-state index contributed by atoms with van der Waals surface area (Å²) in [5, 5.41) is 17.5. The second-order valence-corrected chi connectivity index (χ2v) is 10.7. The third-order valence-corrected chi connectivity index (χ3v) is 7.77. The number of thiazole rings is 1. The van der Waals surface area contributed by atoms with Crippen LogP contribution in [0.4, 0.5) is 0 Å². The van der Waals surface area contributed by atoms with Crippen LogP contribution in [0.5, 0.6) is 0 Å². The molecule has 2 aromatic heterocycles. The zero-order valence-electron chi connectivity index (χ0n) is 21.4. The van der Waals surface area contributed by atoms with Gasteiger partial charge in [-0.3, -0.25) is 9.59 Å². The zero-order chi connectivity index (χ0) is 26.0. The number of hydrogen-bond donors (Lipinski definition) is 2. The summed E-state index contributed by atoms with van der Waals surface area (Å²) >= 11 is 1.60. The lowest BCUT2D eigenvalue weighted by atomic mass is 9.91. The Morgan fingerprint density at radius 3 is 2.53 bits per heavy atom. The highest BCUT2D eigenvalue weighted by atomic mass is 32.1. The maximum atomic E-state index is 13.6. The number of hydrogen-bond acceptors (Lipinski definition) is 7. The number of benzene rings is 1. The van der Waals surface area contributed by atoms with Crippen LogP contribution in [0.2, 0.25) is 0 Å². The van der Waals surface area contributed by atoms with Crippen LogP contribution >= 0.6 is 11.3 Å². The van der Waals surface area contributed by atoms with Crippen molar-refractivity contribution < 1.29 is 19.2 Å². The molecule has 4 atom stereocenters. The van der Waals surface area contributed by atoms with Gasteiger partial charge in [-0.2, -0.15) is 0 Å². The molecule has 1 unspecified atom stereocenters. The molecular formula is C27H34N4O4S. The molecule has 1 fully saturated rings. The number of aliphatic hydroxyl groups excluding tert-OH is 1. The highest BCUT2D eigenvalue weighted by Crippen LogP contribution is 2.32. The summed E-state index contributed by atoms with van der Waals surface area (Å²) in [6.07, 6.45) is 0.147. The summed E-state index contributed by atoms with van der Waals surface area (Å²) in [5.74, 6) is -0.636. The van der Waals surface area contributed by atoms with E-state index in [1.54, 1.807) is 24.3 Å². The molecule has 1 aliphatic heterocycles. The number of amides is 2. The van der Waals surface area contributed by atoms with Gasteiger partial charge in [0.15, 0.2) is 0 Å². The molecule has 1 aliphatic rings. The second-order valence-electron chi connectivity index (χ2n) is 9.85. The Balaban J connectivity index is 1.50. The minimum atomic E-state index is -0.754. The van der Waals surface area contributed by atoms with Crippen molar-refractivity contribution in [2.45, 2.75) is 71.6 Å². The topological polar surface area (TPSA) is 109 Å². The molecule has 3 aromatic rings. The van der Waals surface area contributed by atoms with Crippen molar-refractivity contribution >= 4 is 23.2 Å². The fourth-order valence-electron chi connectivity index (χ4n) is 4.88. The molecule has 0 radical (unpaired) electrons. The molecule has 1 aromatic carbocycles. The molecule has 0 aliphatic carbocycles. The van der Waals surface area contributed by atoms with E-state index in [0.717, 1.165) is 21.7 Å². The van der Waals surface area contributed by atoms with Crippen LogP contribution in [0.25, 0.3) is 10.4 Å². The first kappa shape index (κ1) is 26.0. The summed E-state index contributed by atoms with van der Waals surface area (Å²) in [4.78, 5) is 34.0. The molecular weight excluding hydrogens is 476 g/mol. The molecule has 0 saturated carbocycles. The van der Waals surface area contributed by atoms with Gasteiger partial charge >= 0.3 is 0 Å². The number of carbonyl (C=O) groups is 2. The van der Waals surface area contributed by atoms with Gasteiger partial charge in [0.05, 0.1) is 33.9 Å². The number of nitrogens with one attached hydrogen (secondary N) is 1. The van der Waals surface area contributed by atoms with Crippen molar-refractivity contribution in [3.8, 4) is 10.4 Å². The van der Waals surface area contributed by atoms with Crippen molar-refractivity contribution in [3.63, 3.8) is 0 Å². The van der Waals surface area contributed by atoms with Gasteiger partial charge < -0.3 is 19.8 Å². The van der Waals surface area contributed by atoms with Gasteiger partial charge in [-0.1, -0.05) is 50.2 Å². The standard InChI is InChI=1S/C27H34N4O4S/c1-6-21(18-7-9-19(10-8-18)25-17(5)28-14-36-25)29-26(33)22-12-20(32)13-31(22)27(34)24(15(2)3)23-11-16(4)30-35-23/h7-11,14-15,20-22,24,32H,6,12-13H2,1-5H3,(H,29,33)/t20?,21-,22-,24+/m0/s1. The predicted molar refractivity (Wildman–Crippen MR) is 138 cm³/mol. The van der Waals surface area contributed by atoms with Crippen LogP contribution in [0.15, 0.2) is 40.4 Å². The highest BCUT2D eigenvalue weighted by molar-refractivity contribution is 7.13. The van der Waals surface area contributed by atoms with Crippen LogP contribution in [0.1, 0.15) is 68.3 Å². The van der Waals surface area contributed by atoms with Crippen molar-refractivity contribution in [2.24, 2.45) is 5.92 Å². The lowest BCUT2D eigenvalue weighted by molar-refractivity contribution is -0.141. The van der Waals surface area contributed by atoms with E-state index in [1.807, 2.05) is 57.5 Å². The lowest BCUT2D eigenvalue weighted by Gasteiger charge is -2.30. The maximum absolute atomic E-state index is 13.6. The van der Waals surface area contributed by atoms with E-state index >= 15 is 0 Å². The van der Waals surface area contributed by atoms with Crippen LogP contribution in [-0.4, -0.2) is 50.7 Å². The summed E-state index contributed by atoms with van der Waals surface area (Å²) in [7, 11) is 0. The molecule has 0 spiro atoms. The minimum Gasteiger partial charge on any atom is -0.391 e. The summed E-state index contributed by atoms with van der Waals surface area (Å²) in [6, 6.07) is 8.95. The number of aromatic nitrogens is 2. The Bertz CT molecular complexity index is 1200. The second kappa shape index (κ2) is 10.9. The van der Waals surface area contributed by atoms with Gasteiger partial charge in [-0.25, -0.2) is 4.98 Å². The van der Waals surface area contributed by atoms with E-state index in [1.165, 1.54) is 4.90 Å². The first-order valence-corrected chi connectivity index (χ1v) is 13.3. The fourth-order valence-corrected chi connectivity index (χ4v) is 5.70. The number of aryl methyl sites for hydroxylation is 2. The van der Waals surface area contributed by atoms with Gasteiger partial charge in [-0.05, 0) is 37.3 Å². The van der Waals surface area contributed by atoms with Crippen LogP contribution in [0.3, 0.4) is 0 Å². The Labute approximate surface area is 215 Å². The van der Waals surface area contributed by atoms with Gasteiger partial charge in [-0.15, -0.1) is 11.3 Å². The summed E-state index contributed by atoms with van der Waals surface area (Å²) in [6.45, 7) is 9.80. The molecule has 192 valence electrons. The molecule has 3 heterocycles. The number of aliphatic hydroxyl groups is 1. The van der Waals surface area contributed by atoms with Gasteiger partial charge in [0, 0.05) is 19.0 Å². The van der Waals surface area contributed by atoms with Gasteiger partial charge in [0.1, 0.15) is 17.7 Å². The molecule has 0 bridgehead atoms. The quantitative estimate of drug-likeness (QED) is 0.465. The average molecular weight is 511 g/mol. The lowest BCUT2D eigenvalue weighted by Crippen LogP contribution is -2.48. The van der Waals surface area contributed by atoms with Crippen molar-refractivity contribution in [1.82, 2.24) is 20.4 Å². The first-order chi connectivity index (χ1) is 17.2. The molecule has 8 nitrogen and oxygen atoms in total. The Hall–Kier alpha value is -3.04. The number of β-amino-alcohol motifs (C(OH)–C–C–N with tert-alkyl or cyclic N) is 1. The summed E-state index contributed by atoms with van der Waals surface area (Å²) < 4.78 is 5.41. The van der Waals surface area contributed by atoms with E-state index in [0.29, 0.717) is 17.9 Å². The van der Waals surface area contributed by atoms with E-state index in [9.17, 15) is 14.7 Å². The zero-order valence-corrected chi connectivity index (χ0v) is 22.2. The normalized spacial score (nSPS) is 19.5. The van der Waals surface area contributed by atoms with Crippen LogP contribution < -0.4 is 5.32 Å². The van der Waals surface area contributed by atoms with E-state index in [4.69, 9.17) is 4.52 Å². The SMILES string of the molecule is CC[C@H](NC(=O)[C@@H]1CC(O)CN1C(=O)[C@@H](c1cc(C)no1)C(C)C)c1ccc(-c2scnc2C)cc1. The fraction of sp³-hybridized carbons (Fsp3) is 0.481. The van der Waals surface area contributed by atoms with Gasteiger partial charge in [0.2, 0.25) is 11.8 Å². The molecule has 36 heavy (non-hydrogen) atoms. The first-order valence-electron chi connectivity index (χ1n) is 12.4. The largest absolute Gasteiger partial charge is 0.391 e. The van der Waals surface area contributed by atoms with E-state index in [2.05, 4.69) is 15.5 Å². The monoisotopic (exact) mass is 510 g/mol. The Kier molecular flexibility index (Phi) is 7.90. The van der Waals surface area contributed by atoms with Crippen molar-refractivity contribution in [2.75, 3.05) is 6.54 Å². The Morgan fingerprint density at radius 1 is 1.25 bits per heavy atom. The third-order valence-electron chi connectivity index (χ3n) is 6.80. The van der Waals surface area contributed by atoms with Crippen LogP contribution in [0, 0.1) is 19.8 Å². The predicted octanol–water partition coefficient (Wildman–Crippen LogP) is 4.38. The van der Waals surface area contributed by atoms with E-state index in [-0.39, 0.29) is 36.7 Å². The maximum Gasteiger partial charge on any atom is 0.243 e. The smallest absolute Gasteiger partial charge is 0.243 e. The number of likely N-dealkylation sites (tertiary alicyclic amines) is 1. The molecule has 4 rings (SSSR count). The molecule has 1 saturated heterocycles. The number of nitrogens with zero attached hydrogens (tertiary/aromatic N) is 3. The van der Waals surface area contributed by atoms with E-state index < -0.39 is 18.1 Å². The van der Waals surface area contributed by atoms with Crippen LogP contribution in [-0.2, 0) is 9.59 Å². The van der Waals surface area contributed by atoms with Crippen molar-refractivity contribution in [1.29, 1.82) is 0 Å². The number of rotatable bonds is 8. The number of carbonyl (C=O) groups excluding carboxylic acids is 2. The average Bonchev–Trinajstić information content (AvgIpc) is 3.57. The van der Waals surface area contributed by atoms with Gasteiger partial charge in [0.25, 0.3) is 0 Å². The summed E-state index contributed by atoms with van der Waals surface area (Å²) in [5.41, 5.74) is 5.62. The minimum absolute atomic E-state index is 0.0598. The molecule has 9 heteroatoms. The third kappa shape index (κ3) is 5.37. The Morgan fingerprint density at radius 2 is 1.97 bits per heavy atom. The molecule has 2 N–H and O–H groups in total. The molecule has 2 amide bonds. The van der Waals surface area contributed by atoms with Crippen molar-refractivity contribution in [3.05, 3.63) is 58.6 Å².